The number of hydrogen-bond acceptors (Lipinski definition) is 3. The quantitative estimate of drug-likeness (QED) is 0.806. The van der Waals surface area contributed by atoms with Gasteiger partial charge in [-0.15, -0.1) is 0 Å². The average Bonchev–Trinajstić information content (AvgIpc) is 3.14. The molecule has 0 bridgehead atoms. The molecular weight excluding hydrogens is 256 g/mol. The van der Waals surface area contributed by atoms with Gasteiger partial charge in [0.05, 0.1) is 5.41 Å². The molecule has 4 nitrogen and oxygen atoms in total. The van der Waals surface area contributed by atoms with Gasteiger partial charge < -0.3 is 14.6 Å². The molecule has 0 aromatic heterocycles. The maximum Gasteiger partial charge on any atom is 0.310 e. The van der Waals surface area contributed by atoms with E-state index in [0.717, 1.165) is 12.8 Å². The van der Waals surface area contributed by atoms with Crippen LogP contribution in [0.15, 0.2) is 0 Å². The molecule has 2 heterocycles. The van der Waals surface area contributed by atoms with Crippen LogP contribution in [0.1, 0.15) is 65.2 Å². The van der Waals surface area contributed by atoms with Crippen LogP contribution in [0.25, 0.3) is 0 Å². The van der Waals surface area contributed by atoms with Crippen molar-refractivity contribution in [2.45, 2.75) is 76.8 Å². The highest BCUT2D eigenvalue weighted by molar-refractivity contribution is 5.77. The molecular formula is C16H24O4. The molecule has 0 spiro atoms. The maximum absolute atomic E-state index is 12.2. The lowest BCUT2D eigenvalue weighted by molar-refractivity contribution is -0.163. The number of carboxylic acids is 1. The summed E-state index contributed by atoms with van der Waals surface area (Å²) in [5.74, 6) is -1.01. The topological polar surface area (TPSA) is 62.4 Å². The third-order valence-electron chi connectivity index (χ3n) is 6.43. The highest BCUT2D eigenvalue weighted by Gasteiger charge is 2.95. The van der Waals surface area contributed by atoms with Crippen molar-refractivity contribution in [3.8, 4) is 0 Å². The van der Waals surface area contributed by atoms with Crippen molar-refractivity contribution in [1.82, 2.24) is 0 Å². The number of aliphatic carboxylic acids is 1. The second kappa shape index (κ2) is 3.58. The molecule has 2 saturated carbocycles. The van der Waals surface area contributed by atoms with E-state index in [1.165, 1.54) is 32.1 Å². The molecule has 4 aliphatic rings. The molecule has 4 heteroatoms. The van der Waals surface area contributed by atoms with Crippen LogP contribution in [-0.4, -0.2) is 22.7 Å². The molecule has 1 atom stereocenters. The zero-order chi connectivity index (χ0) is 14.2. The number of carboxylic acid groups (broad SMARTS) is 1. The Morgan fingerprint density at radius 1 is 1.10 bits per heavy atom. The molecule has 2 aliphatic carbocycles. The van der Waals surface area contributed by atoms with E-state index in [2.05, 4.69) is 13.8 Å². The van der Waals surface area contributed by atoms with Crippen LogP contribution in [0.3, 0.4) is 0 Å². The predicted molar refractivity (Wildman–Crippen MR) is 71.9 cm³/mol. The number of epoxide rings is 2. The first-order valence-corrected chi connectivity index (χ1v) is 7.99. The molecule has 0 unspecified atom stereocenters. The van der Waals surface area contributed by atoms with Crippen molar-refractivity contribution in [2.24, 2.45) is 16.7 Å². The van der Waals surface area contributed by atoms with Gasteiger partial charge in [-0.25, -0.2) is 0 Å². The molecule has 4 fully saturated rings. The molecule has 0 aromatic carbocycles. The maximum atomic E-state index is 12.2. The molecule has 1 N–H and O–H groups in total. The average molecular weight is 280 g/mol. The van der Waals surface area contributed by atoms with Gasteiger partial charge in [-0.2, -0.15) is 0 Å². The first kappa shape index (κ1) is 13.1. The van der Waals surface area contributed by atoms with Crippen LogP contribution in [0, 0.1) is 16.7 Å². The van der Waals surface area contributed by atoms with Crippen LogP contribution in [0.4, 0.5) is 0 Å². The number of rotatable bonds is 3. The van der Waals surface area contributed by atoms with Crippen LogP contribution in [0.5, 0.6) is 0 Å². The third kappa shape index (κ3) is 1.47. The molecule has 20 heavy (non-hydrogen) atoms. The number of ether oxygens (including phenoxy) is 2. The van der Waals surface area contributed by atoms with Crippen LogP contribution < -0.4 is 0 Å². The fourth-order valence-electron chi connectivity index (χ4n) is 4.98. The fraction of sp³-hybridized carbons (Fsp3) is 0.938. The van der Waals surface area contributed by atoms with E-state index in [9.17, 15) is 9.90 Å². The Morgan fingerprint density at radius 3 is 2.30 bits per heavy atom. The van der Waals surface area contributed by atoms with Gasteiger partial charge in [0.1, 0.15) is 0 Å². The molecule has 0 radical (unpaired) electrons. The zero-order valence-electron chi connectivity index (χ0n) is 12.4. The number of hydrogen-bond donors (Lipinski definition) is 1. The normalized spacial score (nSPS) is 49.1. The summed E-state index contributed by atoms with van der Waals surface area (Å²) in [6.07, 6.45) is 8.23. The monoisotopic (exact) mass is 280 g/mol. The van der Waals surface area contributed by atoms with Gasteiger partial charge in [-0.05, 0) is 17.8 Å². The van der Waals surface area contributed by atoms with E-state index in [1.54, 1.807) is 0 Å². The van der Waals surface area contributed by atoms with Gasteiger partial charge in [-0.3, -0.25) is 4.79 Å². The van der Waals surface area contributed by atoms with Crippen LogP contribution >= 0.6 is 0 Å². The third-order valence-corrected chi connectivity index (χ3v) is 6.43. The van der Waals surface area contributed by atoms with Crippen molar-refractivity contribution < 1.29 is 19.4 Å². The zero-order valence-corrected chi connectivity index (χ0v) is 12.4. The SMILES string of the molecule is CC1(C)CC23OC2(C[C@@]1(CC1CCCCC1)C(=O)O)O3. The Morgan fingerprint density at radius 2 is 1.70 bits per heavy atom. The molecule has 2 saturated heterocycles. The van der Waals surface area contributed by atoms with Crippen LogP contribution in [-0.2, 0) is 14.3 Å². The summed E-state index contributed by atoms with van der Waals surface area (Å²) >= 11 is 0. The smallest absolute Gasteiger partial charge is 0.310 e. The van der Waals surface area contributed by atoms with E-state index in [4.69, 9.17) is 9.47 Å². The summed E-state index contributed by atoms with van der Waals surface area (Å²) in [6.45, 7) is 4.18. The van der Waals surface area contributed by atoms with E-state index in [-0.39, 0.29) is 5.41 Å². The van der Waals surface area contributed by atoms with Crippen LogP contribution in [0.2, 0.25) is 0 Å². The lowest BCUT2D eigenvalue weighted by Gasteiger charge is -2.46. The minimum Gasteiger partial charge on any atom is -0.481 e. The summed E-state index contributed by atoms with van der Waals surface area (Å²) in [5.41, 5.74) is -0.960. The van der Waals surface area contributed by atoms with Crippen molar-refractivity contribution >= 4 is 5.97 Å². The summed E-state index contributed by atoms with van der Waals surface area (Å²) in [5, 5.41) is 10.0. The van der Waals surface area contributed by atoms with Gasteiger partial charge in [-0.1, -0.05) is 46.0 Å². The van der Waals surface area contributed by atoms with E-state index in [1.807, 2.05) is 0 Å². The fourth-order valence-corrected chi connectivity index (χ4v) is 4.98. The van der Waals surface area contributed by atoms with E-state index >= 15 is 0 Å². The molecule has 0 aromatic rings. The second-order valence-corrected chi connectivity index (χ2v) is 8.04. The van der Waals surface area contributed by atoms with Crippen molar-refractivity contribution in [2.75, 3.05) is 0 Å². The number of carbonyl (C=O) groups is 1. The van der Waals surface area contributed by atoms with Crippen molar-refractivity contribution in [1.29, 1.82) is 0 Å². The highest BCUT2D eigenvalue weighted by Crippen LogP contribution is 2.81. The van der Waals surface area contributed by atoms with Crippen molar-refractivity contribution in [3.05, 3.63) is 0 Å². The lowest BCUT2D eigenvalue weighted by Crippen LogP contribution is -2.50. The van der Waals surface area contributed by atoms with Gasteiger partial charge in [0.2, 0.25) is 11.6 Å². The lowest BCUT2D eigenvalue weighted by atomic mass is 9.54. The minimum absolute atomic E-state index is 0.271. The first-order valence-electron chi connectivity index (χ1n) is 7.99. The molecule has 0 amide bonds. The van der Waals surface area contributed by atoms with E-state index in [0.29, 0.717) is 12.3 Å². The largest absolute Gasteiger partial charge is 0.481 e. The predicted octanol–water partition coefficient (Wildman–Crippen LogP) is 3.30. The summed E-state index contributed by atoms with van der Waals surface area (Å²) in [7, 11) is 0. The Kier molecular flexibility index (Phi) is 2.34. The standard InChI is InChI=1S/C16H24O4/c1-13(2)9-15-16(19-15,20-15)10-14(13,12(17)18)8-11-6-4-3-5-7-11/h11H,3-10H2,1-2H3,(H,17,18)/t14-,15?,16?/m0/s1. The highest BCUT2D eigenvalue weighted by atomic mass is 17.0. The molecule has 2 aliphatic heterocycles. The van der Waals surface area contributed by atoms with Gasteiger partial charge in [0.15, 0.2) is 0 Å². The van der Waals surface area contributed by atoms with Gasteiger partial charge in [0, 0.05) is 12.8 Å². The summed E-state index contributed by atoms with van der Waals surface area (Å²) in [4.78, 5) is 12.2. The Labute approximate surface area is 119 Å². The second-order valence-electron chi connectivity index (χ2n) is 8.04. The first-order chi connectivity index (χ1) is 9.35. The molecule has 112 valence electrons. The molecule has 4 rings (SSSR count). The van der Waals surface area contributed by atoms with E-state index < -0.39 is 23.0 Å². The van der Waals surface area contributed by atoms with Crippen molar-refractivity contribution in [3.63, 3.8) is 0 Å². The Bertz CT molecular complexity index is 457. The van der Waals surface area contributed by atoms with Gasteiger partial charge in [0.25, 0.3) is 0 Å². The Balaban J connectivity index is 1.63. The van der Waals surface area contributed by atoms with Gasteiger partial charge >= 0.3 is 5.97 Å². The Hall–Kier alpha value is -0.610. The summed E-state index contributed by atoms with van der Waals surface area (Å²) < 4.78 is 11.4. The minimum atomic E-state index is -0.689. The summed E-state index contributed by atoms with van der Waals surface area (Å²) in [6, 6.07) is 0.